The van der Waals surface area contributed by atoms with Crippen LogP contribution in [-0.4, -0.2) is 26.0 Å². The maximum absolute atomic E-state index is 13.6. The molecule has 0 aliphatic rings. The summed E-state index contributed by atoms with van der Waals surface area (Å²) in [7, 11) is 0. The first kappa shape index (κ1) is 12.6. The van der Waals surface area contributed by atoms with E-state index in [2.05, 4.69) is 10.1 Å². The smallest absolute Gasteiger partial charge is 0.137 e. The molecule has 2 atom stereocenters. The van der Waals surface area contributed by atoms with Crippen LogP contribution in [-0.2, 0) is 6.54 Å². The Balaban J connectivity index is 2.12. The molecule has 0 aliphatic carbocycles. The number of rotatable bonds is 4. The van der Waals surface area contributed by atoms with Crippen LogP contribution in [0.5, 0.6) is 0 Å². The molecule has 1 heterocycles. The molecule has 1 unspecified atom stereocenters. The Morgan fingerprint density at radius 2 is 2.17 bits per heavy atom. The summed E-state index contributed by atoms with van der Waals surface area (Å²) in [6.07, 6.45) is 2.00. The van der Waals surface area contributed by atoms with Gasteiger partial charge in [0, 0.05) is 12.0 Å². The highest BCUT2D eigenvalue weighted by molar-refractivity contribution is 5.23. The first-order valence-corrected chi connectivity index (χ1v) is 5.53. The average molecular weight is 253 g/mol. The molecular weight excluding hydrogens is 240 g/mol. The normalized spacial score (nSPS) is 14.4. The molecule has 0 saturated carbocycles. The van der Waals surface area contributed by atoms with Crippen LogP contribution >= 0.6 is 0 Å². The van der Waals surface area contributed by atoms with E-state index in [0.717, 1.165) is 6.07 Å². The van der Waals surface area contributed by atoms with Crippen molar-refractivity contribution < 1.29 is 13.9 Å². The van der Waals surface area contributed by atoms with Gasteiger partial charge in [-0.05, 0) is 11.6 Å². The SMILES string of the molecule is CC(c1ccc(F)cc1F)[C@@H](O)Cn1cncn1. The zero-order chi connectivity index (χ0) is 13.1. The molecule has 0 radical (unpaired) electrons. The van der Waals surface area contributed by atoms with Crippen LogP contribution in [0.1, 0.15) is 18.4 Å². The fourth-order valence-corrected chi connectivity index (χ4v) is 1.75. The first-order chi connectivity index (χ1) is 8.58. The van der Waals surface area contributed by atoms with E-state index in [4.69, 9.17) is 0 Å². The number of nitrogens with zero attached hydrogens (tertiary/aromatic N) is 3. The zero-order valence-electron chi connectivity index (χ0n) is 9.79. The Morgan fingerprint density at radius 1 is 1.39 bits per heavy atom. The highest BCUT2D eigenvalue weighted by Gasteiger charge is 2.20. The predicted molar refractivity (Wildman–Crippen MR) is 60.8 cm³/mol. The molecule has 0 aliphatic heterocycles. The molecule has 6 heteroatoms. The van der Waals surface area contributed by atoms with Crippen molar-refractivity contribution in [1.82, 2.24) is 14.8 Å². The van der Waals surface area contributed by atoms with E-state index in [-0.39, 0.29) is 12.1 Å². The Bertz CT molecular complexity index is 516. The summed E-state index contributed by atoms with van der Waals surface area (Å²) < 4.78 is 27.8. The molecule has 2 aromatic rings. The van der Waals surface area contributed by atoms with Gasteiger partial charge in [-0.15, -0.1) is 0 Å². The lowest BCUT2D eigenvalue weighted by atomic mass is 9.95. The Labute approximate surface area is 103 Å². The molecule has 1 aromatic heterocycles. The van der Waals surface area contributed by atoms with Crippen molar-refractivity contribution in [3.05, 3.63) is 48.1 Å². The Morgan fingerprint density at radius 3 is 2.78 bits per heavy atom. The molecule has 0 saturated heterocycles. The van der Waals surface area contributed by atoms with Gasteiger partial charge in [0.1, 0.15) is 24.3 Å². The van der Waals surface area contributed by atoms with Crippen molar-refractivity contribution >= 4 is 0 Å². The van der Waals surface area contributed by atoms with Crippen LogP contribution in [0.25, 0.3) is 0 Å². The lowest BCUT2D eigenvalue weighted by Gasteiger charge is -2.19. The summed E-state index contributed by atoms with van der Waals surface area (Å²) in [4.78, 5) is 3.75. The molecule has 18 heavy (non-hydrogen) atoms. The number of aromatic nitrogens is 3. The van der Waals surface area contributed by atoms with Crippen LogP contribution in [0.3, 0.4) is 0 Å². The minimum Gasteiger partial charge on any atom is -0.391 e. The van der Waals surface area contributed by atoms with Gasteiger partial charge in [0.25, 0.3) is 0 Å². The fourth-order valence-electron chi connectivity index (χ4n) is 1.75. The van der Waals surface area contributed by atoms with Gasteiger partial charge < -0.3 is 5.11 Å². The summed E-state index contributed by atoms with van der Waals surface area (Å²) >= 11 is 0. The molecular formula is C12H13F2N3O. The van der Waals surface area contributed by atoms with E-state index in [9.17, 15) is 13.9 Å². The zero-order valence-corrected chi connectivity index (χ0v) is 9.79. The molecule has 0 spiro atoms. The molecule has 0 amide bonds. The van der Waals surface area contributed by atoms with Crippen LogP contribution < -0.4 is 0 Å². The van der Waals surface area contributed by atoms with Crippen molar-refractivity contribution in [2.24, 2.45) is 0 Å². The first-order valence-electron chi connectivity index (χ1n) is 5.53. The monoisotopic (exact) mass is 253 g/mol. The van der Waals surface area contributed by atoms with Crippen molar-refractivity contribution in [3.8, 4) is 0 Å². The number of hydrogen-bond acceptors (Lipinski definition) is 3. The summed E-state index contributed by atoms with van der Waals surface area (Å²) in [6, 6.07) is 3.34. The summed E-state index contributed by atoms with van der Waals surface area (Å²) in [5.74, 6) is -1.75. The fraction of sp³-hybridized carbons (Fsp3) is 0.333. The lowest BCUT2D eigenvalue weighted by Crippen LogP contribution is -2.23. The summed E-state index contributed by atoms with van der Waals surface area (Å²) in [5.41, 5.74) is 0.281. The third-order valence-electron chi connectivity index (χ3n) is 2.87. The third kappa shape index (κ3) is 2.70. The van der Waals surface area contributed by atoms with Crippen LogP contribution in [0, 0.1) is 11.6 Å². The lowest BCUT2D eigenvalue weighted by molar-refractivity contribution is 0.124. The van der Waals surface area contributed by atoms with Gasteiger partial charge >= 0.3 is 0 Å². The highest BCUT2D eigenvalue weighted by atomic mass is 19.1. The molecule has 1 N–H and O–H groups in total. The second-order valence-corrected chi connectivity index (χ2v) is 4.14. The van der Waals surface area contributed by atoms with E-state index >= 15 is 0 Å². The van der Waals surface area contributed by atoms with E-state index in [1.165, 1.54) is 29.5 Å². The van der Waals surface area contributed by atoms with Gasteiger partial charge in [-0.1, -0.05) is 13.0 Å². The van der Waals surface area contributed by atoms with Crippen LogP contribution in [0.15, 0.2) is 30.9 Å². The molecule has 0 bridgehead atoms. The highest BCUT2D eigenvalue weighted by Crippen LogP contribution is 2.23. The maximum Gasteiger partial charge on any atom is 0.137 e. The molecule has 1 aromatic carbocycles. The van der Waals surface area contributed by atoms with Gasteiger partial charge in [-0.3, -0.25) is 4.68 Å². The van der Waals surface area contributed by atoms with Gasteiger partial charge in [0.15, 0.2) is 0 Å². The standard InChI is InChI=1S/C12H13F2N3O/c1-8(10-3-2-9(13)4-11(10)14)12(18)5-17-7-15-6-16-17/h2-4,6-8,12,18H,5H2,1H3/t8?,12-/m0/s1. The molecule has 4 nitrogen and oxygen atoms in total. The number of aliphatic hydroxyl groups is 1. The predicted octanol–water partition coefficient (Wildman–Crippen LogP) is 1.72. The van der Waals surface area contributed by atoms with Crippen LogP contribution in [0.2, 0.25) is 0 Å². The molecule has 2 rings (SSSR count). The van der Waals surface area contributed by atoms with E-state index in [1.807, 2.05) is 0 Å². The largest absolute Gasteiger partial charge is 0.391 e. The van der Waals surface area contributed by atoms with Crippen molar-refractivity contribution in [2.45, 2.75) is 25.5 Å². The minimum absolute atomic E-state index is 0.206. The van der Waals surface area contributed by atoms with Crippen molar-refractivity contribution in [2.75, 3.05) is 0 Å². The Kier molecular flexibility index (Phi) is 3.66. The van der Waals surface area contributed by atoms with Gasteiger partial charge in [0.2, 0.25) is 0 Å². The molecule has 96 valence electrons. The third-order valence-corrected chi connectivity index (χ3v) is 2.87. The van der Waals surface area contributed by atoms with E-state index in [1.54, 1.807) is 6.92 Å². The van der Waals surface area contributed by atoms with Gasteiger partial charge in [0.05, 0.1) is 12.6 Å². The number of benzene rings is 1. The van der Waals surface area contributed by atoms with Gasteiger partial charge in [-0.2, -0.15) is 5.10 Å². The quantitative estimate of drug-likeness (QED) is 0.902. The topological polar surface area (TPSA) is 50.9 Å². The average Bonchev–Trinajstić information content (AvgIpc) is 2.81. The second-order valence-electron chi connectivity index (χ2n) is 4.14. The van der Waals surface area contributed by atoms with Gasteiger partial charge in [-0.25, -0.2) is 13.8 Å². The van der Waals surface area contributed by atoms with Crippen LogP contribution in [0.4, 0.5) is 8.78 Å². The maximum atomic E-state index is 13.6. The second kappa shape index (κ2) is 5.22. The summed E-state index contributed by atoms with van der Waals surface area (Å²) in [5, 5.41) is 13.8. The van der Waals surface area contributed by atoms with Crippen molar-refractivity contribution in [3.63, 3.8) is 0 Å². The van der Waals surface area contributed by atoms with E-state index in [0.29, 0.717) is 0 Å². The Hall–Kier alpha value is -1.82. The molecule has 0 fully saturated rings. The number of hydrogen-bond donors (Lipinski definition) is 1. The minimum atomic E-state index is -0.827. The summed E-state index contributed by atoms with van der Waals surface area (Å²) in [6.45, 7) is 1.88. The number of aliphatic hydroxyl groups excluding tert-OH is 1. The van der Waals surface area contributed by atoms with E-state index < -0.39 is 23.7 Å². The van der Waals surface area contributed by atoms with Crippen molar-refractivity contribution in [1.29, 1.82) is 0 Å². The number of halogens is 2.